The lowest BCUT2D eigenvalue weighted by molar-refractivity contribution is -0.115. The van der Waals surface area contributed by atoms with Gasteiger partial charge in [0, 0.05) is 24.0 Å². The van der Waals surface area contributed by atoms with Crippen LogP contribution in [0.25, 0.3) is 0 Å². The number of para-hydroxylation sites is 1. The van der Waals surface area contributed by atoms with E-state index in [0.29, 0.717) is 6.54 Å². The van der Waals surface area contributed by atoms with Gasteiger partial charge in [-0.1, -0.05) is 31.2 Å². The van der Waals surface area contributed by atoms with Crippen LogP contribution in [0.2, 0.25) is 0 Å². The summed E-state index contributed by atoms with van der Waals surface area (Å²) >= 11 is 0. The SMILES string of the molecule is CCC(C)Oc1cccc(NC(=O)CN(CC)c2ccccc2)c1. The predicted octanol–water partition coefficient (Wildman–Crippen LogP) is 4.33. The van der Waals surface area contributed by atoms with Crippen molar-refractivity contribution in [2.75, 3.05) is 23.3 Å². The number of anilines is 2. The molecule has 0 bridgehead atoms. The van der Waals surface area contributed by atoms with Gasteiger partial charge in [-0.05, 0) is 44.5 Å². The first kappa shape index (κ1) is 17.9. The minimum atomic E-state index is -0.0404. The molecule has 0 aliphatic rings. The molecule has 2 aromatic rings. The first-order chi connectivity index (χ1) is 11.6. The maximum atomic E-state index is 12.4. The van der Waals surface area contributed by atoms with Crippen LogP contribution in [0.4, 0.5) is 11.4 Å². The van der Waals surface area contributed by atoms with Crippen LogP contribution in [0.5, 0.6) is 5.75 Å². The number of amides is 1. The second-order valence-electron chi connectivity index (χ2n) is 5.76. The molecule has 1 amide bonds. The Balaban J connectivity index is 1.97. The summed E-state index contributed by atoms with van der Waals surface area (Å²) in [5.74, 6) is 0.735. The van der Waals surface area contributed by atoms with Crippen LogP contribution in [0.3, 0.4) is 0 Å². The van der Waals surface area contributed by atoms with Gasteiger partial charge in [-0.15, -0.1) is 0 Å². The monoisotopic (exact) mass is 326 g/mol. The Morgan fingerprint density at radius 1 is 1.12 bits per heavy atom. The summed E-state index contributed by atoms with van der Waals surface area (Å²) < 4.78 is 5.80. The molecule has 2 rings (SSSR count). The van der Waals surface area contributed by atoms with E-state index < -0.39 is 0 Å². The van der Waals surface area contributed by atoms with Crippen LogP contribution in [0.1, 0.15) is 27.2 Å². The topological polar surface area (TPSA) is 41.6 Å². The molecule has 0 radical (unpaired) electrons. The highest BCUT2D eigenvalue weighted by atomic mass is 16.5. The lowest BCUT2D eigenvalue weighted by atomic mass is 10.2. The summed E-state index contributed by atoms with van der Waals surface area (Å²) in [6.45, 7) is 7.25. The Morgan fingerprint density at radius 3 is 2.54 bits per heavy atom. The standard InChI is InChI=1S/C20H26N2O2/c1-4-16(3)24-19-13-9-10-17(14-19)21-20(23)15-22(5-2)18-11-7-6-8-12-18/h6-14,16H,4-5,15H2,1-3H3,(H,21,23). The number of likely N-dealkylation sites (N-methyl/N-ethyl adjacent to an activating group) is 1. The van der Waals surface area contributed by atoms with Crippen molar-refractivity contribution in [3.63, 3.8) is 0 Å². The molecule has 0 aliphatic heterocycles. The van der Waals surface area contributed by atoms with Crippen molar-refractivity contribution in [3.8, 4) is 5.75 Å². The van der Waals surface area contributed by atoms with E-state index in [-0.39, 0.29) is 12.0 Å². The van der Waals surface area contributed by atoms with Crippen molar-refractivity contribution in [2.24, 2.45) is 0 Å². The van der Waals surface area contributed by atoms with Crippen molar-refractivity contribution < 1.29 is 9.53 Å². The molecule has 0 saturated carbocycles. The summed E-state index contributed by atoms with van der Waals surface area (Å²) in [5, 5.41) is 2.95. The highest BCUT2D eigenvalue weighted by molar-refractivity contribution is 5.94. The highest BCUT2D eigenvalue weighted by Crippen LogP contribution is 2.19. The molecule has 0 saturated heterocycles. The van der Waals surface area contributed by atoms with E-state index >= 15 is 0 Å². The van der Waals surface area contributed by atoms with Gasteiger partial charge in [-0.2, -0.15) is 0 Å². The van der Waals surface area contributed by atoms with Gasteiger partial charge < -0.3 is 15.0 Å². The quantitative estimate of drug-likeness (QED) is 0.785. The van der Waals surface area contributed by atoms with Crippen LogP contribution < -0.4 is 15.0 Å². The second-order valence-corrected chi connectivity index (χ2v) is 5.76. The number of rotatable bonds is 8. The largest absolute Gasteiger partial charge is 0.491 e. The van der Waals surface area contributed by atoms with Gasteiger partial charge in [0.25, 0.3) is 0 Å². The smallest absolute Gasteiger partial charge is 0.243 e. The molecular formula is C20H26N2O2. The number of ether oxygens (including phenoxy) is 1. The molecule has 0 spiro atoms. The minimum Gasteiger partial charge on any atom is -0.491 e. The van der Waals surface area contributed by atoms with Crippen molar-refractivity contribution in [2.45, 2.75) is 33.3 Å². The third-order valence-electron chi connectivity index (χ3n) is 3.87. The molecule has 1 atom stereocenters. The number of hydrogen-bond donors (Lipinski definition) is 1. The van der Waals surface area contributed by atoms with Crippen LogP contribution in [-0.4, -0.2) is 25.1 Å². The lowest BCUT2D eigenvalue weighted by Crippen LogP contribution is -2.33. The Bertz CT molecular complexity index is 643. The molecular weight excluding hydrogens is 300 g/mol. The minimum absolute atomic E-state index is 0.0404. The molecule has 0 fully saturated rings. The van der Waals surface area contributed by atoms with E-state index in [1.54, 1.807) is 0 Å². The molecule has 0 aliphatic carbocycles. The zero-order chi connectivity index (χ0) is 17.4. The van der Waals surface area contributed by atoms with Crippen molar-refractivity contribution in [1.29, 1.82) is 0 Å². The summed E-state index contributed by atoms with van der Waals surface area (Å²) in [5.41, 5.74) is 1.80. The van der Waals surface area contributed by atoms with Gasteiger partial charge in [-0.25, -0.2) is 0 Å². The first-order valence-corrected chi connectivity index (χ1v) is 8.49. The van der Waals surface area contributed by atoms with E-state index in [4.69, 9.17) is 4.74 Å². The number of benzene rings is 2. The molecule has 0 heterocycles. The maximum Gasteiger partial charge on any atom is 0.243 e. The van der Waals surface area contributed by atoms with Crippen LogP contribution in [0, 0.1) is 0 Å². The molecule has 4 heteroatoms. The summed E-state index contributed by atoms with van der Waals surface area (Å²) in [6.07, 6.45) is 1.10. The van der Waals surface area contributed by atoms with E-state index in [9.17, 15) is 4.79 Å². The second kappa shape index (κ2) is 8.96. The van der Waals surface area contributed by atoms with Crippen LogP contribution in [-0.2, 0) is 4.79 Å². The zero-order valence-corrected chi connectivity index (χ0v) is 14.7. The predicted molar refractivity (Wildman–Crippen MR) is 99.8 cm³/mol. The number of carbonyl (C=O) groups excluding carboxylic acids is 1. The molecule has 1 unspecified atom stereocenters. The molecule has 4 nitrogen and oxygen atoms in total. The molecule has 128 valence electrons. The Hall–Kier alpha value is -2.49. The van der Waals surface area contributed by atoms with Crippen LogP contribution in [0.15, 0.2) is 54.6 Å². The normalized spacial score (nSPS) is 11.6. The summed E-state index contributed by atoms with van der Waals surface area (Å²) in [6, 6.07) is 17.5. The number of hydrogen-bond acceptors (Lipinski definition) is 3. The molecule has 0 aromatic heterocycles. The van der Waals surface area contributed by atoms with Crippen LogP contribution >= 0.6 is 0 Å². The van der Waals surface area contributed by atoms with Crippen molar-refractivity contribution in [1.82, 2.24) is 0 Å². The fraction of sp³-hybridized carbons (Fsp3) is 0.350. The fourth-order valence-corrected chi connectivity index (χ4v) is 2.36. The van der Waals surface area contributed by atoms with Crippen molar-refractivity contribution >= 4 is 17.3 Å². The van der Waals surface area contributed by atoms with E-state index in [1.165, 1.54) is 0 Å². The number of nitrogens with one attached hydrogen (secondary N) is 1. The van der Waals surface area contributed by atoms with Gasteiger partial charge in [0.1, 0.15) is 5.75 Å². The van der Waals surface area contributed by atoms with E-state index in [0.717, 1.165) is 30.1 Å². The Kier molecular flexibility index (Phi) is 6.67. The van der Waals surface area contributed by atoms with Crippen molar-refractivity contribution in [3.05, 3.63) is 54.6 Å². The zero-order valence-electron chi connectivity index (χ0n) is 14.7. The lowest BCUT2D eigenvalue weighted by Gasteiger charge is -2.22. The van der Waals surface area contributed by atoms with Gasteiger partial charge >= 0.3 is 0 Å². The maximum absolute atomic E-state index is 12.4. The third kappa shape index (κ3) is 5.30. The van der Waals surface area contributed by atoms with Gasteiger partial charge in [0.2, 0.25) is 5.91 Å². The Labute approximate surface area is 144 Å². The average molecular weight is 326 g/mol. The average Bonchev–Trinajstić information content (AvgIpc) is 2.60. The number of nitrogens with zero attached hydrogens (tertiary/aromatic N) is 1. The summed E-state index contributed by atoms with van der Waals surface area (Å²) in [7, 11) is 0. The fourth-order valence-electron chi connectivity index (χ4n) is 2.36. The number of carbonyl (C=O) groups is 1. The third-order valence-corrected chi connectivity index (χ3v) is 3.87. The molecule has 2 aromatic carbocycles. The van der Waals surface area contributed by atoms with Gasteiger partial charge in [0.05, 0.1) is 12.6 Å². The first-order valence-electron chi connectivity index (χ1n) is 8.49. The highest BCUT2D eigenvalue weighted by Gasteiger charge is 2.10. The van der Waals surface area contributed by atoms with Gasteiger partial charge in [0.15, 0.2) is 0 Å². The van der Waals surface area contributed by atoms with E-state index in [1.807, 2.05) is 73.3 Å². The van der Waals surface area contributed by atoms with Gasteiger partial charge in [-0.3, -0.25) is 4.79 Å². The molecule has 24 heavy (non-hydrogen) atoms. The summed E-state index contributed by atoms with van der Waals surface area (Å²) in [4.78, 5) is 14.4. The van der Waals surface area contributed by atoms with E-state index in [2.05, 4.69) is 12.2 Å². The Morgan fingerprint density at radius 2 is 1.88 bits per heavy atom. The molecule has 1 N–H and O–H groups in total.